The zero-order valence-electron chi connectivity index (χ0n) is 25.5. The quantitative estimate of drug-likeness (QED) is 0.147. The lowest BCUT2D eigenvalue weighted by Crippen LogP contribution is -2.47. The van der Waals surface area contributed by atoms with Crippen molar-refractivity contribution in [2.45, 2.75) is 76.5 Å². The number of hydrogen-bond donors (Lipinski definition) is 3. The van der Waals surface area contributed by atoms with Crippen LogP contribution < -0.4 is 15.4 Å². The van der Waals surface area contributed by atoms with E-state index in [2.05, 4.69) is 30.5 Å². The number of nitrogens with one attached hydrogen (secondary N) is 2. The molecule has 7 rings (SSSR count). The maximum atomic E-state index is 16.7. The number of hydrogen-bond acceptors (Lipinski definition) is 8. The fourth-order valence-electron chi connectivity index (χ4n) is 7.43. The number of aromatic nitrogens is 3. The number of anilines is 1. The van der Waals surface area contributed by atoms with Crippen LogP contribution in [0.25, 0.3) is 32.9 Å². The second-order valence-electron chi connectivity index (χ2n) is 12.8. The maximum absolute atomic E-state index is 16.7. The fraction of sp³-hybridized carbons (Fsp3) is 0.485. The van der Waals surface area contributed by atoms with Crippen LogP contribution in [0.2, 0.25) is 0 Å². The van der Waals surface area contributed by atoms with Gasteiger partial charge < -0.3 is 15.2 Å². The Morgan fingerprint density at radius 2 is 1.83 bits per heavy atom. The van der Waals surface area contributed by atoms with E-state index in [1.54, 1.807) is 13.8 Å². The van der Waals surface area contributed by atoms with Crippen molar-refractivity contribution in [3.8, 4) is 23.0 Å². The van der Waals surface area contributed by atoms with Crippen molar-refractivity contribution in [3.05, 3.63) is 47.4 Å². The van der Waals surface area contributed by atoms with E-state index in [1.165, 1.54) is 12.1 Å². The molecule has 0 amide bonds. The smallest absolute Gasteiger partial charge is 0.319 e. The van der Waals surface area contributed by atoms with Gasteiger partial charge in [0.05, 0.1) is 22.7 Å². The molecule has 0 bridgehead atoms. The van der Waals surface area contributed by atoms with Crippen LogP contribution in [0.15, 0.2) is 24.3 Å². The van der Waals surface area contributed by atoms with E-state index >= 15 is 13.2 Å². The Bertz CT molecular complexity index is 1820. The Kier molecular flexibility index (Phi) is 7.87. The number of nitrogens with zero attached hydrogens (tertiary/aromatic N) is 4. The molecule has 3 unspecified atom stereocenters. The maximum Gasteiger partial charge on any atom is 0.319 e. The van der Waals surface area contributed by atoms with Gasteiger partial charge >= 0.3 is 6.01 Å². The molecule has 2 aromatic heterocycles. The number of alkyl halides is 2. The van der Waals surface area contributed by atoms with Gasteiger partial charge in [-0.2, -0.15) is 9.97 Å². The van der Waals surface area contributed by atoms with E-state index in [-0.39, 0.29) is 81.2 Å². The van der Waals surface area contributed by atoms with Crippen LogP contribution in [0.3, 0.4) is 0 Å². The SMILES string of the molecule is CCC(F)NC(F)C1Nc2nc(OCC34CCCN3CCC4)nc3c(F)c(-c4cc(O)cc5ccc(F)c(F)c45)nc(c23)C[C@@H]1C. The van der Waals surface area contributed by atoms with Crippen LogP contribution in [0.4, 0.5) is 27.8 Å². The first kappa shape index (κ1) is 30.8. The van der Waals surface area contributed by atoms with Crippen LogP contribution in [0, 0.1) is 23.4 Å². The Morgan fingerprint density at radius 1 is 1.07 bits per heavy atom. The van der Waals surface area contributed by atoms with E-state index < -0.39 is 42.0 Å². The molecule has 0 saturated carbocycles. The monoisotopic (exact) mass is 642 g/mol. The molecule has 3 N–H and O–H groups in total. The van der Waals surface area contributed by atoms with E-state index in [1.807, 2.05) is 0 Å². The third-order valence-corrected chi connectivity index (χ3v) is 9.81. The van der Waals surface area contributed by atoms with Gasteiger partial charge in [-0.05, 0) is 81.1 Å². The van der Waals surface area contributed by atoms with Crippen LogP contribution in [0.5, 0.6) is 11.8 Å². The summed E-state index contributed by atoms with van der Waals surface area (Å²) in [6.07, 6.45) is 0.688. The molecule has 4 aromatic rings. The van der Waals surface area contributed by atoms with Gasteiger partial charge in [0.1, 0.15) is 29.4 Å². The normalized spacial score (nSPS) is 22.1. The molecule has 244 valence electrons. The van der Waals surface area contributed by atoms with Crippen molar-refractivity contribution in [1.29, 1.82) is 0 Å². The van der Waals surface area contributed by atoms with Crippen molar-refractivity contribution < 1.29 is 31.8 Å². The molecular formula is C33H35F5N6O2. The number of halogens is 5. The van der Waals surface area contributed by atoms with E-state index in [0.29, 0.717) is 0 Å². The molecule has 2 fully saturated rings. The molecule has 0 aliphatic carbocycles. The number of aromatic hydroxyl groups is 1. The van der Waals surface area contributed by atoms with E-state index in [0.717, 1.165) is 50.9 Å². The molecule has 8 nitrogen and oxygen atoms in total. The fourth-order valence-corrected chi connectivity index (χ4v) is 7.43. The molecule has 46 heavy (non-hydrogen) atoms. The average Bonchev–Trinajstić information content (AvgIpc) is 3.58. The van der Waals surface area contributed by atoms with Gasteiger partial charge in [0.25, 0.3) is 0 Å². The minimum absolute atomic E-state index is 0.0570. The number of phenolic OH excluding ortho intramolecular Hbond substituents is 1. The van der Waals surface area contributed by atoms with Crippen LogP contribution >= 0.6 is 0 Å². The first-order chi connectivity index (χ1) is 22.1. The number of fused-ring (bicyclic) bond motifs is 2. The Hall–Kier alpha value is -3.84. The summed E-state index contributed by atoms with van der Waals surface area (Å²) in [6.45, 7) is 5.54. The van der Waals surface area contributed by atoms with Gasteiger partial charge in [0, 0.05) is 10.9 Å². The highest BCUT2D eigenvalue weighted by Gasteiger charge is 2.45. The summed E-state index contributed by atoms with van der Waals surface area (Å²) in [5, 5.41) is 15.9. The van der Waals surface area contributed by atoms with Crippen molar-refractivity contribution in [3.63, 3.8) is 0 Å². The van der Waals surface area contributed by atoms with Gasteiger partial charge in [-0.1, -0.05) is 19.9 Å². The predicted octanol–water partition coefficient (Wildman–Crippen LogP) is 6.54. The zero-order valence-corrected chi connectivity index (χ0v) is 25.5. The van der Waals surface area contributed by atoms with Gasteiger partial charge in [0.15, 0.2) is 30.0 Å². The van der Waals surface area contributed by atoms with Crippen molar-refractivity contribution in [2.24, 2.45) is 5.92 Å². The highest BCUT2D eigenvalue weighted by atomic mass is 19.2. The summed E-state index contributed by atoms with van der Waals surface area (Å²) in [5.74, 6) is -4.08. The predicted molar refractivity (Wildman–Crippen MR) is 164 cm³/mol. The molecule has 3 aliphatic rings. The average molecular weight is 643 g/mol. The van der Waals surface area contributed by atoms with Gasteiger partial charge in [-0.15, -0.1) is 0 Å². The summed E-state index contributed by atoms with van der Waals surface area (Å²) in [5.41, 5.74) is -0.640. The summed E-state index contributed by atoms with van der Waals surface area (Å²) in [6, 6.07) is 3.44. The molecular weight excluding hydrogens is 607 g/mol. The Morgan fingerprint density at radius 3 is 2.57 bits per heavy atom. The standard InChI is InChI=1S/C33H35F5N6O2/c1-3-22(35)40-30(38)27-16(2)12-21-24-29(42-32(43-31(24)41-27)46-15-33-8-4-10-44(33)11-5-9-33)26(37)28(39-21)19-14-18(45)13-17-6-7-20(34)25(36)23(17)19/h6-7,13-14,16,22,27,30,40,45H,3-5,8-12,15H2,1-2H3,(H,41,42,43)/t16-,22?,27?,30?/m0/s1. The summed E-state index contributed by atoms with van der Waals surface area (Å²) in [4.78, 5) is 16.0. The highest BCUT2D eigenvalue weighted by Crippen LogP contribution is 2.42. The summed E-state index contributed by atoms with van der Waals surface area (Å²) >= 11 is 0. The molecule has 0 radical (unpaired) electrons. The molecule has 2 aromatic carbocycles. The second kappa shape index (κ2) is 11.8. The Balaban J connectivity index is 1.40. The number of rotatable bonds is 8. The number of phenols is 1. The van der Waals surface area contributed by atoms with Crippen LogP contribution in [0.1, 0.15) is 51.6 Å². The molecule has 4 atom stereocenters. The largest absolute Gasteiger partial charge is 0.508 e. The topological polar surface area (TPSA) is 95.4 Å². The zero-order chi connectivity index (χ0) is 32.3. The highest BCUT2D eigenvalue weighted by molar-refractivity contribution is 6.01. The number of ether oxygens (including phenoxy) is 1. The summed E-state index contributed by atoms with van der Waals surface area (Å²) < 4.78 is 82.4. The van der Waals surface area contributed by atoms with Crippen LogP contribution in [-0.2, 0) is 6.42 Å². The minimum atomic E-state index is -1.84. The van der Waals surface area contributed by atoms with Gasteiger partial charge in [-0.3, -0.25) is 10.2 Å². The van der Waals surface area contributed by atoms with E-state index in [4.69, 9.17) is 4.74 Å². The lowest BCUT2D eigenvalue weighted by molar-refractivity contribution is 0.108. The Labute approximate surface area is 262 Å². The lowest BCUT2D eigenvalue weighted by atomic mass is 9.94. The number of pyridine rings is 1. The molecule has 13 heteroatoms. The second-order valence-corrected chi connectivity index (χ2v) is 12.8. The van der Waals surface area contributed by atoms with Crippen molar-refractivity contribution >= 4 is 27.5 Å². The van der Waals surface area contributed by atoms with Gasteiger partial charge in [-0.25, -0.2) is 26.9 Å². The van der Waals surface area contributed by atoms with Crippen LogP contribution in [-0.4, -0.2) is 68.8 Å². The number of benzene rings is 2. The van der Waals surface area contributed by atoms with Crippen molar-refractivity contribution in [1.82, 2.24) is 25.2 Å². The minimum Gasteiger partial charge on any atom is -0.508 e. The van der Waals surface area contributed by atoms with Crippen molar-refractivity contribution in [2.75, 3.05) is 25.0 Å². The van der Waals surface area contributed by atoms with E-state index in [9.17, 15) is 13.9 Å². The lowest BCUT2D eigenvalue weighted by Gasteiger charge is -2.31. The van der Waals surface area contributed by atoms with Gasteiger partial charge in [0.2, 0.25) is 0 Å². The first-order valence-electron chi connectivity index (χ1n) is 15.8. The molecule has 5 heterocycles. The third-order valence-electron chi connectivity index (χ3n) is 9.81. The molecule has 2 saturated heterocycles. The third kappa shape index (κ3) is 5.17. The molecule has 0 spiro atoms. The first-order valence-corrected chi connectivity index (χ1v) is 15.8. The molecule has 3 aliphatic heterocycles. The summed E-state index contributed by atoms with van der Waals surface area (Å²) in [7, 11) is 0.